The average Bonchev–Trinajstić information content (AvgIpc) is 2.52. The van der Waals surface area contributed by atoms with Crippen LogP contribution >= 0.6 is 11.6 Å². The molecule has 0 saturated carbocycles. The quantitative estimate of drug-likeness (QED) is 0.499. The molecule has 1 aromatic rings. The highest BCUT2D eigenvalue weighted by Gasteiger charge is 2.31. The van der Waals surface area contributed by atoms with Crippen LogP contribution in [-0.2, 0) is 15.8 Å². The molecule has 0 atom stereocenters. The zero-order valence-corrected chi connectivity index (χ0v) is 15.3. The molecule has 3 N–H and O–H groups in total. The summed E-state index contributed by atoms with van der Waals surface area (Å²) in [5.41, 5.74) is -1.23. The van der Waals surface area contributed by atoms with E-state index in [2.05, 4.69) is 10.6 Å². The minimum atomic E-state index is -4.57. The summed E-state index contributed by atoms with van der Waals surface area (Å²) in [5.74, 6) is -1.99. The first-order chi connectivity index (χ1) is 11.2. The normalized spacial score (nSPS) is 11.0. The smallest absolute Gasteiger partial charge is 0.416 e. The molecule has 0 spiro atoms. The lowest BCUT2D eigenvalue weighted by atomic mass is 10.2. The molecule has 0 aliphatic rings. The summed E-state index contributed by atoms with van der Waals surface area (Å²) < 4.78 is 38.0. The standard InChI is InChI=1S/C15H19ClF3N3O2.ClH/c1-3-22(4-2)8-7-20-13(23)14(24)21-12-9-10(15(17,18)19)5-6-11(12)16;/h5-6,9H,3-4,7-8H2,1-2H3,(H,20,23)(H,21,24);1H. The number of hydrogen-bond acceptors (Lipinski definition) is 2. The Morgan fingerprint density at radius 3 is 2.28 bits per heavy atom. The maximum Gasteiger partial charge on any atom is 0.416 e. The summed E-state index contributed by atoms with van der Waals surface area (Å²) in [6, 6.07) is 2.50. The second-order valence-electron chi connectivity index (χ2n) is 5.11. The molecule has 5 nitrogen and oxygen atoms in total. The summed E-state index contributed by atoms with van der Waals surface area (Å²) in [7, 11) is 0. The second kappa shape index (κ2) is 10.5. The Bertz CT molecular complexity index is 594. The molecule has 0 heterocycles. The Labute approximate surface area is 155 Å². The number of benzene rings is 1. The van der Waals surface area contributed by atoms with Gasteiger partial charge in [0, 0.05) is 0 Å². The number of quaternary nitrogens is 1. The fourth-order valence-electron chi connectivity index (χ4n) is 2.01. The molecule has 1 aromatic carbocycles. The number of anilines is 1. The lowest BCUT2D eigenvalue weighted by Crippen LogP contribution is -3.12. The third kappa shape index (κ3) is 7.50. The number of hydrogen-bond donors (Lipinski definition) is 3. The molecule has 0 bridgehead atoms. The highest BCUT2D eigenvalue weighted by atomic mass is 35.5. The van der Waals surface area contributed by atoms with Gasteiger partial charge in [-0.15, -0.1) is 0 Å². The van der Waals surface area contributed by atoms with E-state index in [4.69, 9.17) is 11.6 Å². The van der Waals surface area contributed by atoms with Crippen LogP contribution in [0.1, 0.15) is 19.4 Å². The summed E-state index contributed by atoms with van der Waals surface area (Å²) in [6.07, 6.45) is -4.57. The molecule has 25 heavy (non-hydrogen) atoms. The topological polar surface area (TPSA) is 62.6 Å². The van der Waals surface area contributed by atoms with Crippen molar-refractivity contribution >= 4 is 29.1 Å². The Morgan fingerprint density at radius 1 is 1.16 bits per heavy atom. The van der Waals surface area contributed by atoms with E-state index in [0.29, 0.717) is 19.2 Å². The third-order valence-electron chi connectivity index (χ3n) is 3.51. The maximum absolute atomic E-state index is 12.7. The van der Waals surface area contributed by atoms with Crippen molar-refractivity contribution in [2.45, 2.75) is 20.0 Å². The largest absolute Gasteiger partial charge is 1.00 e. The first kappa shape index (κ1) is 23.5. The van der Waals surface area contributed by atoms with E-state index in [1.54, 1.807) is 0 Å². The molecule has 10 heteroatoms. The molecular weight excluding hydrogens is 382 g/mol. The van der Waals surface area contributed by atoms with Crippen molar-refractivity contribution < 1.29 is 40.1 Å². The molecule has 142 valence electrons. The highest BCUT2D eigenvalue weighted by Crippen LogP contribution is 2.33. The molecule has 0 aliphatic heterocycles. The van der Waals surface area contributed by atoms with Crippen LogP contribution < -0.4 is 27.9 Å². The Balaban J connectivity index is 0.00000576. The van der Waals surface area contributed by atoms with Gasteiger partial charge in [-0.2, -0.15) is 13.2 Å². The van der Waals surface area contributed by atoms with Crippen LogP contribution in [0.3, 0.4) is 0 Å². The van der Waals surface area contributed by atoms with Crippen LogP contribution in [0, 0.1) is 0 Å². The van der Waals surface area contributed by atoms with Gasteiger partial charge in [0.1, 0.15) is 0 Å². The van der Waals surface area contributed by atoms with Gasteiger partial charge < -0.3 is 27.9 Å². The lowest BCUT2D eigenvalue weighted by Gasteiger charge is -2.15. The van der Waals surface area contributed by atoms with Gasteiger partial charge in [-0.05, 0) is 32.0 Å². The number of halogens is 5. The van der Waals surface area contributed by atoms with Gasteiger partial charge in [0.05, 0.1) is 42.5 Å². The van der Waals surface area contributed by atoms with E-state index >= 15 is 0 Å². The van der Waals surface area contributed by atoms with Gasteiger partial charge in [0.2, 0.25) is 0 Å². The first-order valence-corrected chi connectivity index (χ1v) is 7.86. The fourth-order valence-corrected chi connectivity index (χ4v) is 2.18. The van der Waals surface area contributed by atoms with Crippen molar-refractivity contribution in [2.24, 2.45) is 0 Å². The van der Waals surface area contributed by atoms with Crippen LogP contribution in [0.4, 0.5) is 18.9 Å². The van der Waals surface area contributed by atoms with Crippen molar-refractivity contribution in [3.05, 3.63) is 28.8 Å². The van der Waals surface area contributed by atoms with Crippen molar-refractivity contribution in [3.63, 3.8) is 0 Å². The van der Waals surface area contributed by atoms with E-state index in [0.717, 1.165) is 25.2 Å². The third-order valence-corrected chi connectivity index (χ3v) is 3.84. The monoisotopic (exact) mass is 401 g/mol. The molecule has 0 aliphatic carbocycles. The molecule has 1 rings (SSSR count). The summed E-state index contributed by atoms with van der Waals surface area (Å²) >= 11 is 5.76. The van der Waals surface area contributed by atoms with Gasteiger partial charge in [-0.3, -0.25) is 9.59 Å². The molecule has 0 aromatic heterocycles. The number of carbonyl (C=O) groups is 2. The van der Waals surface area contributed by atoms with E-state index < -0.39 is 23.6 Å². The highest BCUT2D eigenvalue weighted by molar-refractivity contribution is 6.41. The Hall–Kier alpha value is -1.51. The summed E-state index contributed by atoms with van der Waals surface area (Å²) in [5, 5.41) is 4.44. The van der Waals surface area contributed by atoms with Gasteiger partial charge in [0.15, 0.2) is 0 Å². The number of nitrogens with one attached hydrogen (secondary N) is 3. The number of rotatable bonds is 6. The minimum absolute atomic E-state index is 0. The Kier molecular flexibility index (Phi) is 9.84. The van der Waals surface area contributed by atoms with Crippen LogP contribution in [-0.4, -0.2) is 38.0 Å². The molecule has 0 saturated heterocycles. The predicted molar refractivity (Wildman–Crippen MR) is 85.0 cm³/mol. The van der Waals surface area contributed by atoms with E-state index in [1.807, 2.05) is 13.8 Å². The summed E-state index contributed by atoms with van der Waals surface area (Å²) in [6.45, 7) is 6.72. The van der Waals surface area contributed by atoms with Crippen LogP contribution in [0.25, 0.3) is 0 Å². The zero-order valence-electron chi connectivity index (χ0n) is 13.8. The number of alkyl halides is 3. The number of carbonyl (C=O) groups excluding carboxylic acids is 2. The van der Waals surface area contributed by atoms with Crippen LogP contribution in [0.5, 0.6) is 0 Å². The van der Waals surface area contributed by atoms with E-state index in [9.17, 15) is 22.8 Å². The van der Waals surface area contributed by atoms with Crippen molar-refractivity contribution in [3.8, 4) is 0 Å². The number of likely N-dealkylation sites (N-methyl/N-ethyl adjacent to an activating group) is 1. The molecule has 2 amide bonds. The molecule has 0 unspecified atom stereocenters. The summed E-state index contributed by atoms with van der Waals surface area (Å²) in [4.78, 5) is 24.7. The van der Waals surface area contributed by atoms with Crippen LogP contribution in [0.2, 0.25) is 5.02 Å². The first-order valence-electron chi connectivity index (χ1n) is 7.48. The van der Waals surface area contributed by atoms with Gasteiger partial charge in [-0.1, -0.05) is 11.6 Å². The van der Waals surface area contributed by atoms with E-state index in [-0.39, 0.29) is 23.1 Å². The van der Waals surface area contributed by atoms with Gasteiger partial charge >= 0.3 is 18.0 Å². The lowest BCUT2D eigenvalue weighted by molar-refractivity contribution is -0.895. The number of amides is 2. The molecular formula is C15H20Cl2F3N3O2. The van der Waals surface area contributed by atoms with Gasteiger partial charge in [-0.25, -0.2) is 0 Å². The molecule has 0 radical (unpaired) electrons. The fraction of sp³-hybridized carbons (Fsp3) is 0.467. The second-order valence-corrected chi connectivity index (χ2v) is 5.52. The maximum atomic E-state index is 12.7. The molecule has 0 fully saturated rings. The van der Waals surface area contributed by atoms with Crippen molar-refractivity contribution in [1.29, 1.82) is 0 Å². The van der Waals surface area contributed by atoms with Crippen molar-refractivity contribution in [1.82, 2.24) is 5.32 Å². The van der Waals surface area contributed by atoms with Gasteiger partial charge in [0.25, 0.3) is 0 Å². The SMILES string of the molecule is CC[NH+](CC)CCNC(=O)C(=O)Nc1cc(C(F)(F)F)ccc1Cl.[Cl-]. The minimum Gasteiger partial charge on any atom is -1.00 e. The predicted octanol–water partition coefficient (Wildman–Crippen LogP) is -1.66. The van der Waals surface area contributed by atoms with Crippen LogP contribution in [0.15, 0.2) is 18.2 Å². The van der Waals surface area contributed by atoms with Crippen molar-refractivity contribution in [2.75, 3.05) is 31.5 Å². The Morgan fingerprint density at radius 2 is 1.76 bits per heavy atom. The average molecular weight is 402 g/mol. The van der Waals surface area contributed by atoms with E-state index in [1.165, 1.54) is 4.90 Å². The zero-order chi connectivity index (χ0) is 18.3.